The third kappa shape index (κ3) is 2.11. The predicted molar refractivity (Wildman–Crippen MR) is 67.1 cm³/mol. The van der Waals surface area contributed by atoms with Crippen LogP contribution in [-0.4, -0.2) is 18.4 Å². The fourth-order valence-electron chi connectivity index (χ4n) is 1.61. The van der Waals surface area contributed by atoms with Gasteiger partial charge in [-0.3, -0.25) is 4.99 Å². The van der Waals surface area contributed by atoms with Gasteiger partial charge in [0, 0.05) is 18.8 Å². The molecule has 2 rings (SSSR count). The normalized spacial score (nSPS) is 10.8. The van der Waals surface area contributed by atoms with Gasteiger partial charge in [-0.25, -0.2) is 0 Å². The number of phenols is 1. The lowest BCUT2D eigenvalue weighted by Gasteiger charge is -2.04. The van der Waals surface area contributed by atoms with Crippen molar-refractivity contribution in [3.63, 3.8) is 0 Å². The third-order valence-electron chi connectivity index (χ3n) is 2.40. The van der Waals surface area contributed by atoms with Gasteiger partial charge in [0.15, 0.2) is 0 Å². The Morgan fingerprint density at radius 3 is 2.44 bits per heavy atom. The number of hydrogen-bond acceptors (Lipinski definition) is 2. The molecule has 2 aromatic carbocycles. The molecule has 1 N–H and O–H groups in total. The summed E-state index contributed by atoms with van der Waals surface area (Å²) in [4.78, 5) is 3.92. The maximum absolute atomic E-state index is 9.62. The van der Waals surface area contributed by atoms with Crippen LogP contribution in [0.2, 0.25) is 0 Å². The van der Waals surface area contributed by atoms with Crippen LogP contribution in [0, 0.1) is 0 Å². The molecule has 2 aromatic rings. The minimum atomic E-state index is 0.255. The van der Waals surface area contributed by atoms with Crippen molar-refractivity contribution in [2.75, 3.05) is 7.05 Å². The molecule has 0 spiro atoms. The number of hydrogen-bond donors (Lipinski definition) is 1. The Morgan fingerprint density at radius 1 is 1.00 bits per heavy atom. The SMILES string of the molecule is CN=Cc1cc(-c2ccccc2)ccc1O. The van der Waals surface area contributed by atoms with Crippen LogP contribution in [-0.2, 0) is 0 Å². The first-order valence-electron chi connectivity index (χ1n) is 5.12. The largest absolute Gasteiger partial charge is 0.507 e. The Hall–Kier alpha value is -2.09. The van der Waals surface area contributed by atoms with Gasteiger partial charge in [-0.1, -0.05) is 36.4 Å². The molecule has 0 radical (unpaired) electrons. The Morgan fingerprint density at radius 2 is 1.75 bits per heavy atom. The third-order valence-corrected chi connectivity index (χ3v) is 2.40. The molecule has 0 saturated carbocycles. The zero-order chi connectivity index (χ0) is 11.4. The number of benzene rings is 2. The van der Waals surface area contributed by atoms with E-state index < -0.39 is 0 Å². The molecule has 80 valence electrons. The molecular formula is C14H13NO. The second-order valence-electron chi connectivity index (χ2n) is 3.53. The average Bonchev–Trinajstić information content (AvgIpc) is 2.33. The van der Waals surface area contributed by atoms with Crippen LogP contribution in [0.25, 0.3) is 11.1 Å². The summed E-state index contributed by atoms with van der Waals surface area (Å²) in [6.07, 6.45) is 1.65. The highest BCUT2D eigenvalue weighted by atomic mass is 16.3. The van der Waals surface area contributed by atoms with Crippen LogP contribution in [0.3, 0.4) is 0 Å². The van der Waals surface area contributed by atoms with Gasteiger partial charge in [-0.15, -0.1) is 0 Å². The van der Waals surface area contributed by atoms with E-state index in [4.69, 9.17) is 0 Å². The summed E-state index contributed by atoms with van der Waals surface area (Å²) in [5, 5.41) is 9.62. The van der Waals surface area contributed by atoms with Crippen LogP contribution in [0.15, 0.2) is 53.5 Å². The van der Waals surface area contributed by atoms with Crippen LogP contribution in [0.1, 0.15) is 5.56 Å². The summed E-state index contributed by atoms with van der Waals surface area (Å²) in [6.45, 7) is 0. The number of aromatic hydroxyl groups is 1. The van der Waals surface area contributed by atoms with Gasteiger partial charge in [-0.2, -0.15) is 0 Å². The molecule has 0 aliphatic heterocycles. The van der Waals surface area contributed by atoms with E-state index >= 15 is 0 Å². The summed E-state index contributed by atoms with van der Waals surface area (Å²) in [6, 6.07) is 15.6. The first-order valence-corrected chi connectivity index (χ1v) is 5.12. The van der Waals surface area contributed by atoms with Crippen LogP contribution < -0.4 is 0 Å². The summed E-state index contributed by atoms with van der Waals surface area (Å²) >= 11 is 0. The molecule has 0 aliphatic carbocycles. The van der Waals surface area contributed by atoms with Gasteiger partial charge in [0.1, 0.15) is 5.75 Å². The van der Waals surface area contributed by atoms with E-state index in [9.17, 15) is 5.11 Å². The number of phenolic OH excluding ortho intramolecular Hbond substituents is 1. The first-order chi connectivity index (χ1) is 7.81. The smallest absolute Gasteiger partial charge is 0.124 e. The Bertz CT molecular complexity index is 503. The second-order valence-corrected chi connectivity index (χ2v) is 3.53. The van der Waals surface area contributed by atoms with Crippen molar-refractivity contribution >= 4 is 6.21 Å². The molecule has 16 heavy (non-hydrogen) atoms. The van der Waals surface area contributed by atoms with Crippen molar-refractivity contribution in [2.45, 2.75) is 0 Å². The molecule has 0 aliphatic rings. The minimum Gasteiger partial charge on any atom is -0.507 e. The molecule has 0 saturated heterocycles. The Kier molecular flexibility index (Phi) is 3.01. The highest BCUT2D eigenvalue weighted by Crippen LogP contribution is 2.24. The lowest BCUT2D eigenvalue weighted by Crippen LogP contribution is -1.85. The summed E-state index contributed by atoms with van der Waals surface area (Å²) < 4.78 is 0. The van der Waals surface area contributed by atoms with E-state index in [0.29, 0.717) is 0 Å². The highest BCUT2D eigenvalue weighted by molar-refractivity contribution is 5.86. The monoisotopic (exact) mass is 211 g/mol. The lowest BCUT2D eigenvalue weighted by molar-refractivity contribution is 0.474. The molecule has 0 heterocycles. The zero-order valence-corrected chi connectivity index (χ0v) is 9.09. The van der Waals surface area contributed by atoms with Crippen molar-refractivity contribution in [1.82, 2.24) is 0 Å². The predicted octanol–water partition coefficient (Wildman–Crippen LogP) is 3.11. The van der Waals surface area contributed by atoms with E-state index in [0.717, 1.165) is 16.7 Å². The van der Waals surface area contributed by atoms with Crippen LogP contribution >= 0.6 is 0 Å². The number of nitrogens with zero attached hydrogens (tertiary/aromatic N) is 1. The van der Waals surface area contributed by atoms with Gasteiger partial charge >= 0.3 is 0 Å². The molecule has 0 bridgehead atoms. The number of rotatable bonds is 2. The summed E-state index contributed by atoms with van der Waals surface area (Å²) in [5.41, 5.74) is 2.95. The van der Waals surface area contributed by atoms with Gasteiger partial charge in [0.05, 0.1) is 0 Å². The Balaban J connectivity index is 2.48. The average molecular weight is 211 g/mol. The summed E-state index contributed by atoms with van der Waals surface area (Å²) in [5.74, 6) is 0.255. The van der Waals surface area contributed by atoms with E-state index in [-0.39, 0.29) is 5.75 Å². The summed E-state index contributed by atoms with van der Waals surface area (Å²) in [7, 11) is 1.69. The van der Waals surface area contributed by atoms with Crippen molar-refractivity contribution in [2.24, 2.45) is 4.99 Å². The van der Waals surface area contributed by atoms with E-state index in [1.54, 1.807) is 19.3 Å². The fraction of sp³-hybridized carbons (Fsp3) is 0.0714. The molecule has 0 aromatic heterocycles. The maximum Gasteiger partial charge on any atom is 0.124 e. The van der Waals surface area contributed by atoms with E-state index in [2.05, 4.69) is 4.99 Å². The van der Waals surface area contributed by atoms with Gasteiger partial charge in [-0.05, 0) is 23.3 Å². The first kappa shape index (κ1) is 10.4. The standard InChI is InChI=1S/C14H13NO/c1-15-10-13-9-12(7-8-14(13)16)11-5-3-2-4-6-11/h2-10,16H,1H3. The molecule has 2 nitrogen and oxygen atoms in total. The van der Waals surface area contributed by atoms with Crippen LogP contribution in [0.4, 0.5) is 0 Å². The lowest BCUT2D eigenvalue weighted by atomic mass is 10.0. The van der Waals surface area contributed by atoms with E-state index in [1.165, 1.54) is 0 Å². The second kappa shape index (κ2) is 4.62. The fourth-order valence-corrected chi connectivity index (χ4v) is 1.61. The number of aliphatic imine (C=N–C) groups is 1. The van der Waals surface area contributed by atoms with Gasteiger partial charge < -0.3 is 5.11 Å². The molecule has 0 fully saturated rings. The van der Waals surface area contributed by atoms with E-state index in [1.807, 2.05) is 42.5 Å². The maximum atomic E-state index is 9.62. The molecule has 0 atom stereocenters. The highest BCUT2D eigenvalue weighted by Gasteiger charge is 2.01. The molecule has 2 heteroatoms. The quantitative estimate of drug-likeness (QED) is 0.760. The topological polar surface area (TPSA) is 32.6 Å². The molecular weight excluding hydrogens is 198 g/mol. The minimum absolute atomic E-state index is 0.255. The van der Waals surface area contributed by atoms with Crippen LogP contribution in [0.5, 0.6) is 5.75 Å². The van der Waals surface area contributed by atoms with Crippen molar-refractivity contribution in [3.8, 4) is 16.9 Å². The van der Waals surface area contributed by atoms with Crippen molar-refractivity contribution in [1.29, 1.82) is 0 Å². The molecule has 0 unspecified atom stereocenters. The molecule has 0 amide bonds. The van der Waals surface area contributed by atoms with Crippen molar-refractivity contribution < 1.29 is 5.11 Å². The van der Waals surface area contributed by atoms with Gasteiger partial charge in [0.25, 0.3) is 0 Å². The van der Waals surface area contributed by atoms with Crippen molar-refractivity contribution in [3.05, 3.63) is 54.1 Å². The van der Waals surface area contributed by atoms with Gasteiger partial charge in [0.2, 0.25) is 0 Å². The Labute approximate surface area is 94.9 Å². The zero-order valence-electron chi connectivity index (χ0n) is 9.09.